The van der Waals surface area contributed by atoms with E-state index < -0.39 is 5.91 Å². The monoisotopic (exact) mass is 364 g/mol. The van der Waals surface area contributed by atoms with Crippen molar-refractivity contribution in [2.75, 3.05) is 0 Å². The van der Waals surface area contributed by atoms with Crippen LogP contribution >= 0.6 is 0 Å². The number of carbonyl (C=O) groups is 1. The lowest BCUT2D eigenvalue weighted by Crippen LogP contribution is -2.23. The number of rotatable bonds is 3. The van der Waals surface area contributed by atoms with Gasteiger partial charge in [-0.1, -0.05) is 20.8 Å². The van der Waals surface area contributed by atoms with Crippen LogP contribution in [-0.2, 0) is 7.05 Å². The lowest BCUT2D eigenvalue weighted by molar-refractivity contribution is 0.100. The van der Waals surface area contributed by atoms with Gasteiger partial charge in [0, 0.05) is 36.1 Å². The Morgan fingerprint density at radius 3 is 2.74 bits per heavy atom. The summed E-state index contributed by atoms with van der Waals surface area (Å²) in [6.45, 7) is 6.67. The molecule has 0 aliphatic heterocycles. The number of nitrogens with two attached hydrogens (primary N) is 1. The van der Waals surface area contributed by atoms with Gasteiger partial charge in [0.05, 0.1) is 23.0 Å². The second-order valence-electron chi connectivity index (χ2n) is 7.89. The summed E-state index contributed by atoms with van der Waals surface area (Å²) in [5.74, 6) is 0.0272. The number of hydrogen-bond donors (Lipinski definition) is 1. The maximum atomic E-state index is 12.0. The number of aryl methyl sites for hydroxylation is 1. The molecule has 0 aromatic carbocycles. The minimum Gasteiger partial charge on any atom is -0.365 e. The van der Waals surface area contributed by atoms with Crippen molar-refractivity contribution < 1.29 is 4.79 Å². The molecule has 0 bridgehead atoms. The van der Waals surface area contributed by atoms with E-state index >= 15 is 0 Å². The van der Waals surface area contributed by atoms with Crippen molar-refractivity contribution in [3.8, 4) is 11.3 Å². The summed E-state index contributed by atoms with van der Waals surface area (Å²) < 4.78 is 3.55. The molecule has 1 atom stereocenters. The molecule has 3 heterocycles. The van der Waals surface area contributed by atoms with E-state index in [-0.39, 0.29) is 5.41 Å². The van der Waals surface area contributed by atoms with Gasteiger partial charge in [-0.05, 0) is 30.9 Å². The average Bonchev–Trinajstić information content (AvgIpc) is 3.28. The number of amides is 1. The van der Waals surface area contributed by atoms with Crippen LogP contribution in [0.3, 0.4) is 0 Å². The second kappa shape index (κ2) is 6.04. The van der Waals surface area contributed by atoms with Crippen LogP contribution in [-0.4, -0.2) is 31.0 Å². The topological polar surface area (TPSA) is 90.6 Å². The van der Waals surface area contributed by atoms with E-state index in [2.05, 4.69) is 31.0 Å². The van der Waals surface area contributed by atoms with Gasteiger partial charge >= 0.3 is 0 Å². The fourth-order valence-electron chi connectivity index (χ4n) is 3.79. The maximum absolute atomic E-state index is 12.0. The number of carbonyl (C=O) groups excluding carboxylic acids is 1. The van der Waals surface area contributed by atoms with Gasteiger partial charge in [-0.2, -0.15) is 10.2 Å². The molecule has 1 aliphatic carbocycles. The van der Waals surface area contributed by atoms with E-state index in [1.165, 1.54) is 6.20 Å². The molecule has 7 nitrogen and oxygen atoms in total. The molecule has 3 aromatic rings. The molecular weight excluding hydrogens is 340 g/mol. The van der Waals surface area contributed by atoms with Crippen molar-refractivity contribution in [1.82, 2.24) is 19.4 Å². The van der Waals surface area contributed by atoms with Crippen LogP contribution in [0.25, 0.3) is 16.8 Å². The number of hydrogen-bond acceptors (Lipinski definition) is 4. The maximum Gasteiger partial charge on any atom is 0.252 e. The van der Waals surface area contributed by atoms with E-state index in [1.807, 2.05) is 25.4 Å². The van der Waals surface area contributed by atoms with Crippen LogP contribution in [0.15, 0.2) is 35.7 Å². The molecule has 1 fully saturated rings. The van der Waals surface area contributed by atoms with E-state index in [0.29, 0.717) is 17.2 Å². The van der Waals surface area contributed by atoms with Gasteiger partial charge in [-0.15, -0.1) is 0 Å². The molecule has 4 rings (SSSR count). The highest BCUT2D eigenvalue weighted by Gasteiger charge is 2.37. The van der Waals surface area contributed by atoms with E-state index in [9.17, 15) is 4.79 Å². The molecule has 1 saturated carbocycles. The fraction of sp³-hybridized carbons (Fsp3) is 0.400. The Bertz CT molecular complexity index is 1070. The highest BCUT2D eigenvalue weighted by atomic mass is 16.1. The Labute approximate surface area is 157 Å². The van der Waals surface area contributed by atoms with E-state index in [1.54, 1.807) is 15.4 Å². The predicted octanol–water partition coefficient (Wildman–Crippen LogP) is 3.36. The van der Waals surface area contributed by atoms with Gasteiger partial charge in [0.25, 0.3) is 5.91 Å². The summed E-state index contributed by atoms with van der Waals surface area (Å²) in [5, 5.41) is 8.59. The molecule has 0 radical (unpaired) electrons. The third kappa shape index (κ3) is 2.74. The van der Waals surface area contributed by atoms with Crippen molar-refractivity contribution in [2.45, 2.75) is 33.6 Å². The SMILES string of the molecule is CC1CCC(=Nc2c(C(N)=O)cnn3cc(-c4ccnn4C)cc23)C1(C)C. The van der Waals surface area contributed by atoms with Gasteiger partial charge in [0.1, 0.15) is 5.69 Å². The van der Waals surface area contributed by atoms with E-state index in [4.69, 9.17) is 10.7 Å². The first-order chi connectivity index (χ1) is 12.8. The molecule has 3 aromatic heterocycles. The van der Waals surface area contributed by atoms with Crippen molar-refractivity contribution in [3.05, 3.63) is 36.3 Å². The number of primary amides is 1. The minimum atomic E-state index is -0.517. The quantitative estimate of drug-likeness (QED) is 0.772. The summed E-state index contributed by atoms with van der Waals surface area (Å²) in [4.78, 5) is 17.0. The molecule has 0 saturated heterocycles. The molecule has 2 N–H and O–H groups in total. The first-order valence-corrected chi connectivity index (χ1v) is 9.16. The Hall–Kier alpha value is -2.96. The standard InChI is InChI=1S/C20H24N6O/c1-12-5-6-17(20(12,2)3)24-18-14(19(21)27)10-23-26-11-13(9-16(18)26)15-7-8-22-25(15)4/h7-12H,5-6H2,1-4H3,(H2,21,27). The van der Waals surface area contributed by atoms with Crippen molar-refractivity contribution in [1.29, 1.82) is 0 Å². The third-order valence-corrected chi connectivity index (χ3v) is 6.03. The number of nitrogens with zero attached hydrogens (tertiary/aromatic N) is 5. The molecule has 0 spiro atoms. The molecule has 140 valence electrons. The zero-order chi connectivity index (χ0) is 19.3. The van der Waals surface area contributed by atoms with Crippen molar-refractivity contribution >= 4 is 22.8 Å². The van der Waals surface area contributed by atoms with Crippen LogP contribution in [0.1, 0.15) is 44.0 Å². The highest BCUT2D eigenvalue weighted by Crippen LogP contribution is 2.42. The number of fused-ring (bicyclic) bond motifs is 1. The first kappa shape index (κ1) is 17.5. The molecule has 1 aliphatic rings. The lowest BCUT2D eigenvalue weighted by atomic mass is 9.82. The van der Waals surface area contributed by atoms with Crippen LogP contribution in [0.2, 0.25) is 0 Å². The normalized spacial score (nSPS) is 20.6. The fourth-order valence-corrected chi connectivity index (χ4v) is 3.79. The second-order valence-corrected chi connectivity index (χ2v) is 7.89. The molecular formula is C20H24N6O. The summed E-state index contributed by atoms with van der Waals surface area (Å²) in [7, 11) is 1.89. The average molecular weight is 364 g/mol. The van der Waals surface area contributed by atoms with Crippen LogP contribution in [0.5, 0.6) is 0 Å². The van der Waals surface area contributed by atoms with Gasteiger partial charge in [0.15, 0.2) is 0 Å². The smallest absolute Gasteiger partial charge is 0.252 e. The molecule has 1 unspecified atom stereocenters. The Morgan fingerprint density at radius 1 is 1.37 bits per heavy atom. The molecule has 1 amide bonds. The summed E-state index contributed by atoms with van der Waals surface area (Å²) >= 11 is 0. The number of aromatic nitrogens is 4. The Morgan fingerprint density at radius 2 is 2.15 bits per heavy atom. The molecule has 27 heavy (non-hydrogen) atoms. The van der Waals surface area contributed by atoms with Crippen molar-refractivity contribution in [3.63, 3.8) is 0 Å². The third-order valence-electron chi connectivity index (χ3n) is 6.03. The van der Waals surface area contributed by atoms with Gasteiger partial charge < -0.3 is 5.73 Å². The van der Waals surface area contributed by atoms with Crippen LogP contribution in [0.4, 0.5) is 5.69 Å². The van der Waals surface area contributed by atoms with E-state index in [0.717, 1.165) is 35.3 Å². The summed E-state index contributed by atoms with van der Waals surface area (Å²) in [6, 6.07) is 3.93. The van der Waals surface area contributed by atoms with Gasteiger partial charge in [-0.3, -0.25) is 14.5 Å². The van der Waals surface area contributed by atoms with Crippen molar-refractivity contribution in [2.24, 2.45) is 29.1 Å². The summed E-state index contributed by atoms with van der Waals surface area (Å²) in [6.07, 6.45) is 7.20. The predicted molar refractivity (Wildman–Crippen MR) is 105 cm³/mol. The zero-order valence-electron chi connectivity index (χ0n) is 16.1. The zero-order valence-corrected chi connectivity index (χ0v) is 16.1. The van der Waals surface area contributed by atoms with Gasteiger partial charge in [0.2, 0.25) is 0 Å². The van der Waals surface area contributed by atoms with Crippen LogP contribution in [0, 0.1) is 11.3 Å². The lowest BCUT2D eigenvalue weighted by Gasteiger charge is -2.24. The minimum absolute atomic E-state index is 0.00730. The molecule has 7 heteroatoms. The highest BCUT2D eigenvalue weighted by molar-refractivity contribution is 6.04. The number of aliphatic imine (C=N–C) groups is 1. The first-order valence-electron chi connectivity index (χ1n) is 9.16. The Balaban J connectivity index is 1.94. The largest absolute Gasteiger partial charge is 0.365 e. The summed E-state index contributed by atoms with van der Waals surface area (Å²) in [5.41, 5.74) is 10.4. The Kier molecular flexibility index (Phi) is 3.91. The van der Waals surface area contributed by atoms with Crippen LogP contribution < -0.4 is 5.73 Å². The van der Waals surface area contributed by atoms with Gasteiger partial charge in [-0.25, -0.2) is 4.52 Å².